The van der Waals surface area contributed by atoms with Gasteiger partial charge in [0.25, 0.3) is 0 Å². The minimum absolute atomic E-state index is 0.0103. The van der Waals surface area contributed by atoms with Crippen molar-refractivity contribution < 1.29 is 64.3 Å². The van der Waals surface area contributed by atoms with Gasteiger partial charge in [-0.25, -0.2) is 0 Å². The molecule has 250 valence electrons. The number of aliphatic hydroxyl groups is 5. The molecule has 1 saturated heterocycles. The highest BCUT2D eigenvalue weighted by atomic mass is 16.7. The van der Waals surface area contributed by atoms with Crippen LogP contribution in [-0.4, -0.2) is 97.0 Å². The number of rotatable bonds is 10. The molecule has 1 aliphatic carbocycles. The number of carbonyl (C=O) groups excluding carboxylic acids is 2. The molecule has 2 fully saturated rings. The number of phenols is 2. The molecular formula is C33H40O13. The highest BCUT2D eigenvalue weighted by Gasteiger charge is 2.46. The summed E-state index contributed by atoms with van der Waals surface area (Å²) >= 11 is 0. The van der Waals surface area contributed by atoms with Gasteiger partial charge in [-0.3, -0.25) is 9.59 Å². The van der Waals surface area contributed by atoms with Crippen molar-refractivity contribution in [2.24, 2.45) is 11.8 Å². The molecular weight excluding hydrogens is 604 g/mol. The molecule has 2 aliphatic heterocycles. The van der Waals surface area contributed by atoms with Gasteiger partial charge in [0.2, 0.25) is 6.29 Å². The minimum atomic E-state index is -1.74. The lowest BCUT2D eigenvalue weighted by Crippen LogP contribution is -2.60. The van der Waals surface area contributed by atoms with E-state index >= 15 is 0 Å². The number of allylic oxidation sites excluding steroid dienone is 1. The molecule has 7 N–H and O–H groups in total. The maximum Gasteiger partial charge on any atom is 0.306 e. The zero-order valence-electron chi connectivity index (χ0n) is 25.2. The van der Waals surface area contributed by atoms with Crippen LogP contribution in [0.3, 0.4) is 0 Å². The van der Waals surface area contributed by atoms with E-state index in [1.54, 1.807) is 31.2 Å². The maximum absolute atomic E-state index is 12.9. The summed E-state index contributed by atoms with van der Waals surface area (Å²) in [5.41, 5.74) is 0.569. The fourth-order valence-electron chi connectivity index (χ4n) is 6.25. The van der Waals surface area contributed by atoms with Crippen LogP contribution in [0.4, 0.5) is 0 Å². The summed E-state index contributed by atoms with van der Waals surface area (Å²) in [5.74, 6) is -1.76. The molecule has 3 aliphatic rings. The van der Waals surface area contributed by atoms with E-state index in [4.69, 9.17) is 18.9 Å². The number of aliphatic hydroxyl groups excluding tert-OH is 5. The van der Waals surface area contributed by atoms with Gasteiger partial charge in [-0.2, -0.15) is 0 Å². The second-order valence-corrected chi connectivity index (χ2v) is 12.1. The lowest BCUT2D eigenvalue weighted by atomic mass is 9.89. The second-order valence-electron chi connectivity index (χ2n) is 12.1. The third-order valence-corrected chi connectivity index (χ3v) is 8.75. The number of Topliss-reactive ketones (excluding diaryl/α,β-unsaturated/α-hetero) is 1. The topological polar surface area (TPSA) is 213 Å². The Kier molecular flexibility index (Phi) is 10.5. The Morgan fingerprint density at radius 1 is 1.04 bits per heavy atom. The zero-order valence-corrected chi connectivity index (χ0v) is 25.2. The Hall–Kier alpha value is -3.72. The van der Waals surface area contributed by atoms with Gasteiger partial charge in [0.15, 0.2) is 5.78 Å². The Morgan fingerprint density at radius 3 is 2.50 bits per heavy atom. The number of esters is 1. The molecule has 1 saturated carbocycles. The van der Waals surface area contributed by atoms with Crippen LogP contribution >= 0.6 is 0 Å². The van der Waals surface area contributed by atoms with E-state index in [1.165, 1.54) is 18.2 Å². The predicted molar refractivity (Wildman–Crippen MR) is 159 cm³/mol. The monoisotopic (exact) mass is 644 g/mol. The van der Waals surface area contributed by atoms with Gasteiger partial charge in [-0.15, -0.1) is 0 Å². The van der Waals surface area contributed by atoms with Gasteiger partial charge in [-0.05, 0) is 55.7 Å². The van der Waals surface area contributed by atoms with Crippen LogP contribution in [0, 0.1) is 11.8 Å². The van der Waals surface area contributed by atoms with E-state index in [2.05, 4.69) is 0 Å². The molecule has 6 unspecified atom stereocenters. The molecule has 0 bridgehead atoms. The van der Waals surface area contributed by atoms with Crippen LogP contribution in [-0.2, 0) is 14.3 Å². The summed E-state index contributed by atoms with van der Waals surface area (Å²) in [6, 6.07) is 8.59. The molecule has 0 aromatic heterocycles. The predicted octanol–water partition coefficient (Wildman–Crippen LogP) is 1.64. The molecule has 13 nitrogen and oxygen atoms in total. The fourth-order valence-corrected chi connectivity index (χ4v) is 6.25. The SMILES string of the molecule is C[C@@H](O)/C=C\C[C@H]1[C@H](CC(=O)OCC2OC(Oc3cc(O)c4c(c3)OC(c3ccc(O)cc3)CC4=O)C(O)C(O)C2O)CC[C@H]1O. The first-order chi connectivity index (χ1) is 21.9. The quantitative estimate of drug-likeness (QED) is 0.145. The number of phenolic OH excluding ortho intramolecular Hbond substituents is 2. The first-order valence-electron chi connectivity index (χ1n) is 15.3. The van der Waals surface area contributed by atoms with E-state index in [0.29, 0.717) is 24.8 Å². The van der Waals surface area contributed by atoms with E-state index in [1.807, 2.05) is 0 Å². The summed E-state index contributed by atoms with van der Waals surface area (Å²) < 4.78 is 22.7. The van der Waals surface area contributed by atoms with Gasteiger partial charge < -0.3 is 54.7 Å². The number of hydrogen-bond donors (Lipinski definition) is 7. The molecule has 13 heteroatoms. The van der Waals surface area contributed by atoms with Crippen LogP contribution in [0.25, 0.3) is 0 Å². The second kappa shape index (κ2) is 14.4. The van der Waals surface area contributed by atoms with Crippen LogP contribution < -0.4 is 9.47 Å². The molecule has 10 atom stereocenters. The van der Waals surface area contributed by atoms with Crippen molar-refractivity contribution in [2.45, 2.75) is 88.0 Å². The van der Waals surface area contributed by atoms with Crippen LogP contribution in [0.2, 0.25) is 0 Å². The number of fused-ring (bicyclic) bond motifs is 1. The number of ether oxygens (including phenoxy) is 4. The summed E-state index contributed by atoms with van der Waals surface area (Å²) in [7, 11) is 0. The van der Waals surface area contributed by atoms with Crippen molar-refractivity contribution in [1.29, 1.82) is 0 Å². The largest absolute Gasteiger partial charge is 0.508 e. The number of hydrogen-bond acceptors (Lipinski definition) is 13. The van der Waals surface area contributed by atoms with Crippen molar-refractivity contribution in [3.63, 3.8) is 0 Å². The number of aromatic hydroxyl groups is 2. The van der Waals surface area contributed by atoms with E-state index < -0.39 is 67.3 Å². The van der Waals surface area contributed by atoms with E-state index in [0.717, 1.165) is 6.07 Å². The van der Waals surface area contributed by atoms with Crippen molar-refractivity contribution in [1.82, 2.24) is 0 Å². The highest BCUT2D eigenvalue weighted by molar-refractivity contribution is 6.02. The molecule has 0 amide bonds. The molecule has 2 aromatic rings. The van der Waals surface area contributed by atoms with Crippen molar-refractivity contribution in [3.8, 4) is 23.0 Å². The van der Waals surface area contributed by atoms with Crippen LogP contribution in [0.5, 0.6) is 23.0 Å². The average Bonchev–Trinajstić information content (AvgIpc) is 3.34. The van der Waals surface area contributed by atoms with Crippen LogP contribution in [0.1, 0.15) is 61.1 Å². The van der Waals surface area contributed by atoms with E-state index in [9.17, 15) is 45.3 Å². The van der Waals surface area contributed by atoms with Gasteiger partial charge in [0, 0.05) is 18.6 Å². The molecule has 2 heterocycles. The Balaban J connectivity index is 1.22. The van der Waals surface area contributed by atoms with E-state index in [-0.39, 0.29) is 53.3 Å². The summed E-state index contributed by atoms with van der Waals surface area (Å²) in [5, 5.41) is 71.7. The lowest BCUT2D eigenvalue weighted by Gasteiger charge is -2.40. The van der Waals surface area contributed by atoms with Crippen LogP contribution in [0.15, 0.2) is 48.6 Å². The number of carbonyl (C=O) groups is 2. The number of ketones is 1. The molecule has 5 rings (SSSR count). The standard InChI is InChI=1S/C33H40O13/c1-16(34)3-2-4-21-18(7-10-22(21)36)11-28(39)43-15-27-30(40)31(41)32(42)33(46-27)44-20-12-23(37)29-24(38)14-25(45-26(29)13-20)17-5-8-19(35)9-6-17/h2-3,5-6,8-9,12-13,16,18,21-22,25,27,30-37,40-42H,4,7,10-11,14-15H2,1H3/b3-2-/t16-,18+,21+,22-,25?,27?,30?,31?,32?,33?/m1/s1. The smallest absolute Gasteiger partial charge is 0.306 e. The molecule has 46 heavy (non-hydrogen) atoms. The average molecular weight is 645 g/mol. The zero-order chi connectivity index (χ0) is 33.1. The van der Waals surface area contributed by atoms with Crippen molar-refractivity contribution in [2.75, 3.05) is 6.61 Å². The first kappa shape index (κ1) is 33.6. The van der Waals surface area contributed by atoms with Crippen molar-refractivity contribution in [3.05, 3.63) is 59.7 Å². The number of benzene rings is 2. The van der Waals surface area contributed by atoms with Gasteiger partial charge in [0.05, 0.1) is 18.6 Å². The fraction of sp³-hybridized carbons (Fsp3) is 0.515. The minimum Gasteiger partial charge on any atom is -0.508 e. The summed E-state index contributed by atoms with van der Waals surface area (Å²) in [4.78, 5) is 25.6. The maximum atomic E-state index is 12.9. The highest BCUT2D eigenvalue weighted by Crippen LogP contribution is 2.43. The van der Waals surface area contributed by atoms with Gasteiger partial charge >= 0.3 is 5.97 Å². The lowest BCUT2D eigenvalue weighted by molar-refractivity contribution is -0.278. The normalized spacial score (nSPS) is 31.7. The van der Waals surface area contributed by atoms with Gasteiger partial charge in [-0.1, -0.05) is 24.3 Å². The van der Waals surface area contributed by atoms with Gasteiger partial charge in [0.1, 0.15) is 65.7 Å². The van der Waals surface area contributed by atoms with Crippen molar-refractivity contribution >= 4 is 11.8 Å². The first-order valence-corrected chi connectivity index (χ1v) is 15.3. The molecule has 0 spiro atoms. The Labute approximate surface area is 265 Å². The molecule has 2 aromatic carbocycles. The Morgan fingerprint density at radius 2 is 1.78 bits per heavy atom. The molecule has 0 radical (unpaired) electrons. The summed E-state index contributed by atoms with van der Waals surface area (Å²) in [6.07, 6.45) is -4.85. The summed E-state index contributed by atoms with van der Waals surface area (Å²) in [6.45, 7) is 1.15. The third-order valence-electron chi connectivity index (χ3n) is 8.75. The third kappa shape index (κ3) is 7.63. The Bertz CT molecular complexity index is 1410.